The van der Waals surface area contributed by atoms with Gasteiger partial charge in [-0.05, 0) is 30.0 Å². The molecule has 1 aliphatic heterocycles. The lowest BCUT2D eigenvalue weighted by molar-refractivity contribution is -0.141. The van der Waals surface area contributed by atoms with E-state index in [4.69, 9.17) is 5.11 Å². The van der Waals surface area contributed by atoms with Crippen LogP contribution >= 0.6 is 0 Å². The van der Waals surface area contributed by atoms with Gasteiger partial charge in [-0.15, -0.1) is 0 Å². The largest absolute Gasteiger partial charge is 0.435 e. The third kappa shape index (κ3) is 3.96. The third-order valence-corrected chi connectivity index (χ3v) is 4.44. The summed E-state index contributed by atoms with van der Waals surface area (Å²) < 4.78 is 39.3. The van der Waals surface area contributed by atoms with Gasteiger partial charge in [0.1, 0.15) is 0 Å². The zero-order chi connectivity index (χ0) is 17.2. The zero-order valence-electron chi connectivity index (χ0n) is 13.2. The summed E-state index contributed by atoms with van der Waals surface area (Å²) in [5.74, 6) is 0. The summed E-state index contributed by atoms with van der Waals surface area (Å²) >= 11 is 0. The van der Waals surface area contributed by atoms with Crippen molar-refractivity contribution in [1.82, 2.24) is 14.7 Å². The van der Waals surface area contributed by atoms with Crippen molar-refractivity contribution in [1.29, 1.82) is 0 Å². The van der Waals surface area contributed by atoms with Crippen molar-refractivity contribution in [2.45, 2.75) is 38.2 Å². The summed E-state index contributed by atoms with van der Waals surface area (Å²) in [7, 11) is 0. The Hall–Kier alpha value is -1.86. The third-order valence-electron chi connectivity index (χ3n) is 4.44. The second kappa shape index (κ2) is 6.94. The first-order valence-electron chi connectivity index (χ1n) is 7.99. The maximum absolute atomic E-state index is 12.6. The summed E-state index contributed by atoms with van der Waals surface area (Å²) in [6.45, 7) is 2.50. The van der Waals surface area contributed by atoms with Crippen molar-refractivity contribution in [2.75, 3.05) is 13.1 Å². The van der Waals surface area contributed by atoms with Gasteiger partial charge in [-0.1, -0.05) is 24.3 Å². The summed E-state index contributed by atoms with van der Waals surface area (Å²) in [5.41, 5.74) is 1.23. The summed E-state index contributed by atoms with van der Waals surface area (Å²) in [4.78, 5) is 2.29. The van der Waals surface area contributed by atoms with E-state index in [0.29, 0.717) is 0 Å². The molecule has 0 saturated carbocycles. The lowest BCUT2D eigenvalue weighted by atomic mass is 10.0. The molecule has 1 fully saturated rings. The Morgan fingerprint density at radius 1 is 1.04 bits per heavy atom. The Balaban J connectivity index is 1.54. The molecule has 0 amide bonds. The maximum Gasteiger partial charge on any atom is 0.435 e. The van der Waals surface area contributed by atoms with Crippen LogP contribution < -0.4 is 0 Å². The molecular formula is C17H20F3N3O. The van der Waals surface area contributed by atoms with Gasteiger partial charge in [0.15, 0.2) is 5.69 Å². The van der Waals surface area contributed by atoms with E-state index in [0.717, 1.165) is 44.1 Å². The van der Waals surface area contributed by atoms with Crippen LogP contribution in [0.25, 0.3) is 0 Å². The van der Waals surface area contributed by atoms with Crippen LogP contribution in [0.1, 0.15) is 35.7 Å². The molecule has 2 heterocycles. The molecule has 0 aliphatic carbocycles. The first-order chi connectivity index (χ1) is 11.5. The van der Waals surface area contributed by atoms with Gasteiger partial charge in [-0.25, -0.2) is 0 Å². The smallest absolute Gasteiger partial charge is 0.392 e. The monoisotopic (exact) mass is 339 g/mol. The van der Waals surface area contributed by atoms with E-state index in [1.165, 1.54) is 16.4 Å². The average Bonchev–Trinajstić information content (AvgIpc) is 3.07. The summed E-state index contributed by atoms with van der Waals surface area (Å²) in [5, 5.41) is 12.7. The van der Waals surface area contributed by atoms with E-state index < -0.39 is 11.9 Å². The molecule has 130 valence electrons. The number of likely N-dealkylation sites (tertiary alicyclic amines) is 1. The number of rotatable bonds is 4. The molecule has 1 N–H and O–H groups in total. The predicted molar refractivity (Wildman–Crippen MR) is 83.1 cm³/mol. The zero-order valence-corrected chi connectivity index (χ0v) is 13.2. The number of hydrogen-bond acceptors (Lipinski definition) is 3. The average molecular weight is 339 g/mol. The molecule has 0 bridgehead atoms. The second-order valence-corrected chi connectivity index (χ2v) is 6.16. The molecule has 4 nitrogen and oxygen atoms in total. The quantitative estimate of drug-likeness (QED) is 0.930. The topological polar surface area (TPSA) is 41.3 Å². The van der Waals surface area contributed by atoms with Crippen LogP contribution in [0, 0.1) is 0 Å². The van der Waals surface area contributed by atoms with Gasteiger partial charge in [0.25, 0.3) is 0 Å². The van der Waals surface area contributed by atoms with E-state index in [9.17, 15) is 13.2 Å². The highest BCUT2D eigenvalue weighted by molar-refractivity contribution is 5.21. The van der Waals surface area contributed by atoms with Crippen LogP contribution in [0.5, 0.6) is 0 Å². The second-order valence-electron chi connectivity index (χ2n) is 6.16. The van der Waals surface area contributed by atoms with Gasteiger partial charge in [0.2, 0.25) is 0 Å². The van der Waals surface area contributed by atoms with Crippen LogP contribution in [-0.2, 0) is 19.3 Å². The minimum atomic E-state index is -4.38. The number of halogens is 3. The van der Waals surface area contributed by atoms with Crippen molar-refractivity contribution in [3.63, 3.8) is 0 Å². The minimum Gasteiger partial charge on any atom is -0.392 e. The fraction of sp³-hybridized carbons (Fsp3) is 0.471. The number of aliphatic hydroxyl groups is 1. The van der Waals surface area contributed by atoms with E-state index in [1.54, 1.807) is 0 Å². The Morgan fingerprint density at radius 2 is 1.67 bits per heavy atom. The first kappa shape index (κ1) is 17.0. The number of benzene rings is 1. The van der Waals surface area contributed by atoms with Crippen molar-refractivity contribution >= 4 is 0 Å². The van der Waals surface area contributed by atoms with E-state index in [2.05, 4.69) is 10.00 Å². The van der Waals surface area contributed by atoms with Crippen LogP contribution in [0.2, 0.25) is 0 Å². The standard InChI is InChI=1S/C17H20F3N3O/c18-17(19,20)16-7-10-23(21-16)15-5-8-22(9-6-15)11-13-1-3-14(12-24)4-2-13/h1-4,7,10,15,24H,5-6,8-9,11-12H2. The predicted octanol–water partition coefficient (Wildman–Crippen LogP) is 3.23. The van der Waals surface area contributed by atoms with E-state index >= 15 is 0 Å². The molecule has 24 heavy (non-hydrogen) atoms. The van der Waals surface area contributed by atoms with Crippen LogP contribution in [0.15, 0.2) is 36.5 Å². The number of aromatic nitrogens is 2. The number of aliphatic hydroxyl groups excluding tert-OH is 1. The van der Waals surface area contributed by atoms with Gasteiger partial charge in [0.05, 0.1) is 12.6 Å². The Labute approximate surface area is 138 Å². The normalized spacial score (nSPS) is 17.3. The summed E-state index contributed by atoms with van der Waals surface area (Å²) in [6.07, 6.45) is -1.38. The molecule has 0 atom stereocenters. The van der Waals surface area contributed by atoms with Gasteiger partial charge in [-0.2, -0.15) is 18.3 Å². The fourth-order valence-corrected chi connectivity index (χ4v) is 3.04. The molecule has 0 spiro atoms. The van der Waals surface area contributed by atoms with Gasteiger partial charge in [0, 0.05) is 25.8 Å². The van der Waals surface area contributed by atoms with Gasteiger partial charge >= 0.3 is 6.18 Å². The molecule has 1 aliphatic rings. The van der Waals surface area contributed by atoms with Crippen molar-refractivity contribution in [3.8, 4) is 0 Å². The van der Waals surface area contributed by atoms with Crippen molar-refractivity contribution in [3.05, 3.63) is 53.3 Å². The molecular weight excluding hydrogens is 319 g/mol. The lowest BCUT2D eigenvalue weighted by Gasteiger charge is -2.32. The number of nitrogens with zero attached hydrogens (tertiary/aromatic N) is 3. The first-order valence-corrected chi connectivity index (χ1v) is 7.99. The van der Waals surface area contributed by atoms with E-state index in [-0.39, 0.29) is 12.6 Å². The Morgan fingerprint density at radius 3 is 2.21 bits per heavy atom. The van der Waals surface area contributed by atoms with Crippen LogP contribution in [-0.4, -0.2) is 32.9 Å². The van der Waals surface area contributed by atoms with Gasteiger partial charge in [-0.3, -0.25) is 9.58 Å². The Bertz CT molecular complexity index is 658. The van der Waals surface area contributed by atoms with Gasteiger partial charge < -0.3 is 5.11 Å². The number of piperidine rings is 1. The SMILES string of the molecule is OCc1ccc(CN2CCC(n3ccc(C(F)(F)F)n3)CC2)cc1. The highest BCUT2D eigenvalue weighted by Gasteiger charge is 2.34. The maximum atomic E-state index is 12.6. The molecule has 0 unspecified atom stereocenters. The molecule has 7 heteroatoms. The number of hydrogen-bond donors (Lipinski definition) is 1. The molecule has 1 saturated heterocycles. The summed E-state index contributed by atoms with van der Waals surface area (Å²) in [6, 6.07) is 8.88. The van der Waals surface area contributed by atoms with Crippen molar-refractivity contribution in [2.24, 2.45) is 0 Å². The van der Waals surface area contributed by atoms with Crippen molar-refractivity contribution < 1.29 is 18.3 Å². The number of alkyl halides is 3. The highest BCUT2D eigenvalue weighted by atomic mass is 19.4. The fourth-order valence-electron chi connectivity index (χ4n) is 3.04. The Kier molecular flexibility index (Phi) is 4.91. The minimum absolute atomic E-state index is 0.0223. The molecule has 0 radical (unpaired) electrons. The molecule has 2 aromatic rings. The highest BCUT2D eigenvalue weighted by Crippen LogP contribution is 2.29. The van der Waals surface area contributed by atoms with Crippen LogP contribution in [0.4, 0.5) is 13.2 Å². The molecule has 1 aromatic heterocycles. The lowest BCUT2D eigenvalue weighted by Crippen LogP contribution is -2.34. The molecule has 3 rings (SSSR count). The molecule has 1 aromatic carbocycles. The van der Waals surface area contributed by atoms with Crippen LogP contribution in [0.3, 0.4) is 0 Å². The van der Waals surface area contributed by atoms with E-state index in [1.807, 2.05) is 24.3 Å².